The van der Waals surface area contributed by atoms with Crippen LogP contribution in [0.15, 0.2) is 52.0 Å². The number of benzene rings is 2. The molecule has 0 spiro atoms. The lowest BCUT2D eigenvalue weighted by Crippen LogP contribution is -2.29. The summed E-state index contributed by atoms with van der Waals surface area (Å²) >= 11 is 7.72. The van der Waals surface area contributed by atoms with Gasteiger partial charge in [0.05, 0.1) is 10.6 Å². The number of carbonyl (C=O) groups excluding carboxylic acids is 1. The monoisotopic (exact) mass is 458 g/mol. The van der Waals surface area contributed by atoms with Crippen molar-refractivity contribution in [1.29, 1.82) is 0 Å². The lowest BCUT2D eigenvalue weighted by Gasteiger charge is -2.30. The van der Waals surface area contributed by atoms with Gasteiger partial charge in [-0.05, 0) is 44.5 Å². The Labute approximate surface area is 188 Å². The Kier molecular flexibility index (Phi) is 5.77. The van der Waals surface area contributed by atoms with Crippen LogP contribution in [0, 0.1) is 12.7 Å². The number of hydrogen-bond donors (Lipinski definition) is 2. The molecular formula is C22H20ClFN4O2S. The van der Waals surface area contributed by atoms with Gasteiger partial charge >= 0.3 is 0 Å². The Morgan fingerprint density at radius 2 is 2.10 bits per heavy atom. The molecule has 0 fully saturated rings. The van der Waals surface area contributed by atoms with Gasteiger partial charge in [0.25, 0.3) is 5.91 Å². The maximum atomic E-state index is 14.7. The number of rotatable bonds is 4. The number of halogens is 2. The molecule has 0 bridgehead atoms. The third-order valence-corrected chi connectivity index (χ3v) is 6.34. The van der Waals surface area contributed by atoms with E-state index in [2.05, 4.69) is 15.5 Å². The van der Waals surface area contributed by atoms with Gasteiger partial charge in [0.15, 0.2) is 5.17 Å². The quantitative estimate of drug-likeness (QED) is 0.548. The number of nitrogens with zero attached hydrogens (tertiary/aromatic N) is 2. The summed E-state index contributed by atoms with van der Waals surface area (Å²) in [4.78, 5) is 17.6. The molecule has 9 heteroatoms. The number of amides is 1. The van der Waals surface area contributed by atoms with E-state index < -0.39 is 17.3 Å². The van der Waals surface area contributed by atoms with Gasteiger partial charge in [-0.25, -0.2) is 4.39 Å². The minimum absolute atomic E-state index is 0.265. The highest BCUT2D eigenvalue weighted by Gasteiger charge is 2.32. The zero-order valence-corrected chi connectivity index (χ0v) is 18.5. The fourth-order valence-electron chi connectivity index (χ4n) is 3.57. The second-order valence-electron chi connectivity index (χ2n) is 7.41. The number of aliphatic imine (C=N–C) groups is 1. The summed E-state index contributed by atoms with van der Waals surface area (Å²) in [5, 5.41) is 7.71. The van der Waals surface area contributed by atoms with E-state index in [9.17, 15) is 9.18 Å². The summed E-state index contributed by atoms with van der Waals surface area (Å²) in [6.07, 6.45) is 0.633. The first-order valence-electron chi connectivity index (χ1n) is 9.59. The number of aryl methyl sites for hydroxylation is 1. The fourth-order valence-corrected chi connectivity index (χ4v) is 4.77. The minimum Gasteiger partial charge on any atom is -0.379 e. The van der Waals surface area contributed by atoms with Crippen molar-refractivity contribution in [1.82, 2.24) is 5.16 Å². The molecule has 6 nitrogen and oxygen atoms in total. The molecule has 0 saturated carbocycles. The van der Waals surface area contributed by atoms with Gasteiger partial charge in [-0.1, -0.05) is 46.7 Å². The zero-order chi connectivity index (χ0) is 22.2. The second-order valence-corrected chi connectivity index (χ2v) is 8.94. The zero-order valence-electron chi connectivity index (χ0n) is 16.9. The number of aromatic nitrogens is 1. The van der Waals surface area contributed by atoms with E-state index in [-0.39, 0.29) is 5.56 Å². The number of amidine groups is 1. The standard InChI is InChI=1S/C22H20ClFN4O2S/c1-12-18(19(28-30-12)14-5-3-4-6-16(14)23)20(29)26-13-7-8-17(24)15(11-13)22(2)9-10-31-21(25)27-22/h3-8,11H,9-10H2,1-2H3,(H2,25,27)(H,26,29). The van der Waals surface area contributed by atoms with Crippen molar-refractivity contribution in [3.8, 4) is 11.3 Å². The van der Waals surface area contributed by atoms with Gasteiger partial charge in [0.2, 0.25) is 0 Å². The summed E-state index contributed by atoms with van der Waals surface area (Å²) in [7, 11) is 0. The van der Waals surface area contributed by atoms with Gasteiger partial charge in [0.1, 0.15) is 22.8 Å². The van der Waals surface area contributed by atoms with E-state index in [1.165, 1.54) is 23.9 Å². The van der Waals surface area contributed by atoms with Crippen LogP contribution in [-0.2, 0) is 5.54 Å². The van der Waals surface area contributed by atoms with Crippen molar-refractivity contribution in [3.05, 3.63) is 70.2 Å². The molecule has 31 heavy (non-hydrogen) atoms. The fraction of sp³-hybridized carbons (Fsp3) is 0.227. The van der Waals surface area contributed by atoms with Crippen molar-refractivity contribution in [2.75, 3.05) is 11.1 Å². The Balaban J connectivity index is 1.68. The minimum atomic E-state index is -0.796. The highest BCUT2D eigenvalue weighted by molar-refractivity contribution is 8.13. The highest BCUT2D eigenvalue weighted by Crippen LogP contribution is 2.38. The summed E-state index contributed by atoms with van der Waals surface area (Å²) in [6.45, 7) is 3.49. The number of anilines is 1. The predicted molar refractivity (Wildman–Crippen MR) is 122 cm³/mol. The van der Waals surface area contributed by atoms with Crippen LogP contribution in [0.2, 0.25) is 5.02 Å². The van der Waals surface area contributed by atoms with E-state index in [0.29, 0.717) is 44.9 Å². The third-order valence-electron chi connectivity index (χ3n) is 5.22. The molecule has 0 aliphatic carbocycles. The van der Waals surface area contributed by atoms with Crippen LogP contribution in [0.25, 0.3) is 11.3 Å². The topological polar surface area (TPSA) is 93.5 Å². The largest absolute Gasteiger partial charge is 0.379 e. The van der Waals surface area contributed by atoms with Crippen LogP contribution >= 0.6 is 23.4 Å². The maximum absolute atomic E-state index is 14.7. The summed E-state index contributed by atoms with van der Waals surface area (Å²) in [6, 6.07) is 11.5. The first kappa shape index (κ1) is 21.4. The molecule has 160 valence electrons. The Bertz CT molecular complexity index is 1200. The van der Waals surface area contributed by atoms with Crippen LogP contribution < -0.4 is 11.1 Å². The number of nitrogens with two attached hydrogens (primary N) is 1. The number of thioether (sulfide) groups is 1. The molecule has 1 aliphatic heterocycles. The Morgan fingerprint density at radius 3 is 2.84 bits per heavy atom. The smallest absolute Gasteiger partial charge is 0.261 e. The van der Waals surface area contributed by atoms with Gasteiger partial charge in [-0.15, -0.1) is 0 Å². The Hall–Kier alpha value is -2.84. The van der Waals surface area contributed by atoms with E-state index in [0.717, 1.165) is 5.75 Å². The highest BCUT2D eigenvalue weighted by atomic mass is 35.5. The van der Waals surface area contributed by atoms with Crippen LogP contribution in [-0.4, -0.2) is 22.0 Å². The molecule has 1 unspecified atom stereocenters. The van der Waals surface area contributed by atoms with Crippen LogP contribution in [0.5, 0.6) is 0 Å². The summed E-state index contributed by atoms with van der Waals surface area (Å²) < 4.78 is 19.9. The first-order chi connectivity index (χ1) is 14.8. The van der Waals surface area contributed by atoms with Gasteiger partial charge < -0.3 is 15.6 Å². The molecule has 1 aliphatic rings. The third kappa shape index (κ3) is 4.18. The van der Waals surface area contributed by atoms with Gasteiger partial charge in [0, 0.05) is 22.6 Å². The van der Waals surface area contributed by atoms with Gasteiger partial charge in [-0.3, -0.25) is 9.79 Å². The van der Waals surface area contributed by atoms with Crippen molar-refractivity contribution in [3.63, 3.8) is 0 Å². The first-order valence-corrected chi connectivity index (χ1v) is 11.0. The normalized spacial score (nSPS) is 18.5. The molecule has 1 atom stereocenters. The molecule has 2 aromatic carbocycles. The van der Waals surface area contributed by atoms with Gasteiger partial charge in [-0.2, -0.15) is 0 Å². The molecule has 1 aromatic heterocycles. The lowest BCUT2D eigenvalue weighted by molar-refractivity contribution is 0.102. The predicted octanol–water partition coefficient (Wildman–Crippen LogP) is 5.36. The molecule has 3 N–H and O–H groups in total. The molecular weight excluding hydrogens is 439 g/mol. The average Bonchev–Trinajstić information content (AvgIpc) is 3.11. The van der Waals surface area contributed by atoms with E-state index in [1.54, 1.807) is 37.3 Å². The molecule has 0 radical (unpaired) electrons. The number of carbonyl (C=O) groups is 1. The van der Waals surface area contributed by atoms with E-state index in [1.807, 2.05) is 6.92 Å². The van der Waals surface area contributed by atoms with Crippen LogP contribution in [0.4, 0.5) is 10.1 Å². The second kappa shape index (κ2) is 8.36. The molecule has 4 rings (SSSR count). The van der Waals surface area contributed by atoms with Crippen LogP contribution in [0.3, 0.4) is 0 Å². The average molecular weight is 459 g/mol. The van der Waals surface area contributed by atoms with Crippen molar-refractivity contribution < 1.29 is 13.7 Å². The molecule has 2 heterocycles. The van der Waals surface area contributed by atoms with Crippen molar-refractivity contribution >= 4 is 40.1 Å². The summed E-state index contributed by atoms with van der Waals surface area (Å²) in [5.74, 6) is 0.256. The molecule has 3 aromatic rings. The van der Waals surface area contributed by atoms with Crippen LogP contribution in [0.1, 0.15) is 35.0 Å². The lowest BCUT2D eigenvalue weighted by atomic mass is 9.89. The van der Waals surface area contributed by atoms with E-state index >= 15 is 0 Å². The molecule has 0 saturated heterocycles. The van der Waals surface area contributed by atoms with E-state index in [4.69, 9.17) is 21.9 Å². The number of hydrogen-bond acceptors (Lipinski definition) is 6. The van der Waals surface area contributed by atoms with Crippen molar-refractivity contribution in [2.45, 2.75) is 25.8 Å². The maximum Gasteiger partial charge on any atom is 0.261 e. The number of nitrogens with one attached hydrogen (secondary N) is 1. The summed E-state index contributed by atoms with van der Waals surface area (Å²) in [5.41, 5.74) is 7.08. The van der Waals surface area contributed by atoms with Crippen molar-refractivity contribution in [2.24, 2.45) is 10.7 Å². The Morgan fingerprint density at radius 1 is 1.32 bits per heavy atom. The SMILES string of the molecule is Cc1onc(-c2ccccc2Cl)c1C(=O)Nc1ccc(F)c(C2(C)CCSC(N)=N2)c1. The molecule has 1 amide bonds.